The highest BCUT2D eigenvalue weighted by Crippen LogP contribution is 2.48. The van der Waals surface area contributed by atoms with Crippen LogP contribution in [0.25, 0.3) is 22.3 Å². The van der Waals surface area contributed by atoms with E-state index < -0.39 is 58.3 Å². The summed E-state index contributed by atoms with van der Waals surface area (Å²) in [6, 6.07) is 11.4. The van der Waals surface area contributed by atoms with Crippen LogP contribution in [0.15, 0.2) is 47.3 Å². The molecule has 6 amide bonds. The van der Waals surface area contributed by atoms with Crippen molar-refractivity contribution < 1.29 is 76.4 Å². The molecule has 0 radical (unpaired) electrons. The molecular weight excluding hydrogens is 1180 g/mol. The number of hydrogen-bond donors (Lipinski definition) is 4. The zero-order valence-electron chi connectivity index (χ0n) is 52.3. The molecule has 24 heteroatoms. The Hall–Kier alpha value is -7.93. The van der Waals surface area contributed by atoms with Gasteiger partial charge in [-0.3, -0.25) is 52.8 Å². The number of Topliss-reactive ketones (excluding diaryl/α,β-unsaturated/α-hetero) is 3. The molecule has 5 aliphatic rings. The van der Waals surface area contributed by atoms with E-state index in [1.54, 1.807) is 56.0 Å². The van der Waals surface area contributed by atoms with Crippen molar-refractivity contribution >= 4 is 69.7 Å². The number of likely N-dealkylation sites (tertiary alicyclic amines) is 1. The van der Waals surface area contributed by atoms with Gasteiger partial charge in [0.1, 0.15) is 25.6 Å². The molecule has 23 nitrogen and oxygen atoms in total. The number of ketones is 3. The second-order valence-corrected chi connectivity index (χ2v) is 24.6. The van der Waals surface area contributed by atoms with Gasteiger partial charge in [-0.15, -0.1) is 0 Å². The summed E-state index contributed by atoms with van der Waals surface area (Å²) in [6.07, 6.45) is 3.97. The number of pyridine rings is 2. The van der Waals surface area contributed by atoms with Crippen LogP contribution in [0.5, 0.6) is 0 Å². The molecule has 2 aromatic heterocycles. The fraction of sp³-hybridized carbons (Fsp3) is 0.552. The number of aliphatic hydroxyl groups is 1. The molecular formula is C67H82FN7O16. The van der Waals surface area contributed by atoms with Gasteiger partial charge in [0, 0.05) is 92.1 Å². The van der Waals surface area contributed by atoms with Gasteiger partial charge < -0.3 is 49.5 Å². The molecule has 2 fully saturated rings. The summed E-state index contributed by atoms with van der Waals surface area (Å²) in [7, 11) is 0. The van der Waals surface area contributed by atoms with E-state index in [9.17, 15) is 57.8 Å². The van der Waals surface area contributed by atoms with Crippen molar-refractivity contribution in [2.45, 2.75) is 142 Å². The number of nitrogens with one attached hydrogen (secondary N) is 3. The number of halogens is 1. The highest BCUT2D eigenvalue weighted by molar-refractivity contribution is 6.03. The number of carbonyl (C=O) groups is 10. The Bertz CT molecular complexity index is 3530. The van der Waals surface area contributed by atoms with E-state index >= 15 is 4.39 Å². The van der Waals surface area contributed by atoms with Crippen LogP contribution in [0.4, 0.5) is 4.39 Å². The number of cyclic esters (lactones) is 1. The van der Waals surface area contributed by atoms with Crippen molar-refractivity contribution in [2.75, 3.05) is 72.4 Å². The van der Waals surface area contributed by atoms with Crippen LogP contribution >= 0.6 is 0 Å². The third-order valence-electron chi connectivity index (χ3n) is 18.3. The summed E-state index contributed by atoms with van der Waals surface area (Å²) in [5, 5.41) is 20.2. The summed E-state index contributed by atoms with van der Waals surface area (Å²) in [4.78, 5) is 152. The molecule has 91 heavy (non-hydrogen) atoms. The number of fused-ring (bicyclic) bond motifs is 5. The topological polar surface area (TPSA) is 305 Å². The minimum Gasteiger partial charge on any atom is -0.458 e. The maximum atomic E-state index is 15.6. The number of rotatable bonds is 32. The Morgan fingerprint density at radius 3 is 2.30 bits per heavy atom. The first-order valence-corrected chi connectivity index (χ1v) is 31.8. The molecule has 2 aromatic carbocycles. The first kappa shape index (κ1) is 67.5. The van der Waals surface area contributed by atoms with Crippen molar-refractivity contribution in [1.82, 2.24) is 35.3 Å². The molecule has 4 aromatic rings. The first-order valence-electron chi connectivity index (χ1n) is 31.8. The first-order chi connectivity index (χ1) is 43.7. The van der Waals surface area contributed by atoms with Gasteiger partial charge in [-0.1, -0.05) is 51.1 Å². The standard InChI is InChI=1S/C67H82FN7O16/c1-5-22-73(54-18-17-48-40(4)52(68)31-53-59(48)60(54)49-35-74-55(61(49)72-53)30-51-50(65(74)85)37-91-66(86)67(51,87)6-2)58(81)38-89-23-20-45(76)32-71-63(83)44(28-41-10-8-7-9-11-41)29-47(78)33-70-56(79)19-16-46(77)36-90-26-25-88-24-21-69-62(82)43-14-12-42(13-15-43)34-75-57(80)27-39(3)64(75)84/h7-11,30-31,39,42-44,54,87H,5-6,12-29,32-38H2,1-4H3,(H,69,82)(H,70,79)(H,71,83)/t39?,42?,43?,44-,54+,67+/m1/s1. The average Bonchev–Trinajstić information content (AvgIpc) is 1.63. The zero-order chi connectivity index (χ0) is 65.1. The summed E-state index contributed by atoms with van der Waals surface area (Å²) in [5.41, 5.74) is 2.25. The van der Waals surface area contributed by atoms with Gasteiger partial charge in [-0.25, -0.2) is 14.2 Å². The third-order valence-corrected chi connectivity index (χ3v) is 18.3. The van der Waals surface area contributed by atoms with Gasteiger partial charge >= 0.3 is 5.97 Å². The van der Waals surface area contributed by atoms with E-state index in [1.165, 1.54) is 15.5 Å². The van der Waals surface area contributed by atoms with Crippen LogP contribution < -0.4 is 21.5 Å². The fourth-order valence-electron chi connectivity index (χ4n) is 13.2. The third kappa shape index (κ3) is 15.7. The minimum absolute atomic E-state index is 0.0448. The van der Waals surface area contributed by atoms with E-state index in [-0.39, 0.29) is 169 Å². The maximum Gasteiger partial charge on any atom is 0.343 e. The van der Waals surface area contributed by atoms with Gasteiger partial charge in [0.15, 0.2) is 23.0 Å². The van der Waals surface area contributed by atoms with E-state index in [4.69, 9.17) is 23.9 Å². The lowest BCUT2D eigenvalue weighted by Crippen LogP contribution is -2.44. The normalized spacial score (nSPS) is 20.1. The molecule has 3 aliphatic heterocycles. The lowest BCUT2D eigenvalue weighted by atomic mass is 9.81. The van der Waals surface area contributed by atoms with Crippen molar-refractivity contribution in [3.8, 4) is 11.4 Å². The summed E-state index contributed by atoms with van der Waals surface area (Å²) in [5.74, 6) is -5.33. The highest BCUT2D eigenvalue weighted by atomic mass is 19.1. The molecule has 1 saturated heterocycles. The van der Waals surface area contributed by atoms with E-state index in [0.717, 1.165) is 29.5 Å². The number of imide groups is 1. The van der Waals surface area contributed by atoms with Gasteiger partial charge in [0.25, 0.3) is 5.56 Å². The Morgan fingerprint density at radius 2 is 1.57 bits per heavy atom. The number of nitrogens with zero attached hydrogens (tertiary/aromatic N) is 4. The Labute approximate surface area is 526 Å². The smallest absolute Gasteiger partial charge is 0.343 e. The quantitative estimate of drug-likeness (QED) is 0.0262. The average molecular weight is 1260 g/mol. The molecule has 1 saturated carbocycles. The Kier molecular flexibility index (Phi) is 22.6. The van der Waals surface area contributed by atoms with Crippen LogP contribution in [0.1, 0.15) is 143 Å². The SMILES string of the molecule is CCCN(C(=O)COCCC(=O)CNC(=O)[C@@H](CC(=O)CNC(=O)CCC(=O)COCCOCCNC(=O)C1CCC(CN2C(=O)CC(C)C2=O)CC1)Cc1ccccc1)[C@H]1CCc2c(C)c(F)cc3nc4c(c1c23)Cn1c-4cc2c(c1=O)COC(=O)[C@]2(O)CC. The lowest BCUT2D eigenvalue weighted by Gasteiger charge is -2.37. The predicted octanol–water partition coefficient (Wildman–Crippen LogP) is 4.48. The summed E-state index contributed by atoms with van der Waals surface area (Å²) < 4.78 is 39.2. The number of benzene rings is 2. The number of carbonyl (C=O) groups excluding carboxylic acids is 10. The molecule has 2 aliphatic carbocycles. The zero-order valence-corrected chi connectivity index (χ0v) is 52.3. The highest BCUT2D eigenvalue weighted by Gasteiger charge is 2.47. The van der Waals surface area contributed by atoms with Gasteiger partial charge in [-0.05, 0) is 98.9 Å². The lowest BCUT2D eigenvalue weighted by molar-refractivity contribution is -0.172. The van der Waals surface area contributed by atoms with E-state index in [2.05, 4.69) is 16.0 Å². The molecule has 4 atom stereocenters. The largest absolute Gasteiger partial charge is 0.458 e. The van der Waals surface area contributed by atoms with E-state index in [0.29, 0.717) is 85.2 Å². The number of amides is 6. The van der Waals surface area contributed by atoms with Gasteiger partial charge in [0.2, 0.25) is 35.4 Å². The monoisotopic (exact) mass is 1260 g/mol. The van der Waals surface area contributed by atoms with E-state index in [1.807, 2.05) is 13.0 Å². The van der Waals surface area contributed by atoms with Crippen LogP contribution in [0.2, 0.25) is 0 Å². The maximum absolute atomic E-state index is 15.6. The van der Waals surface area contributed by atoms with Gasteiger partial charge in [-0.2, -0.15) is 0 Å². The molecule has 0 bridgehead atoms. The van der Waals surface area contributed by atoms with Gasteiger partial charge in [0.05, 0.1) is 74.6 Å². The summed E-state index contributed by atoms with van der Waals surface area (Å²) in [6.45, 7) is 6.80. The molecule has 4 N–H and O–H groups in total. The molecule has 488 valence electrons. The number of aromatic nitrogens is 2. The second kappa shape index (κ2) is 30.5. The Balaban J connectivity index is 0.686. The fourth-order valence-corrected chi connectivity index (χ4v) is 13.2. The molecule has 0 spiro atoms. The van der Waals surface area contributed by atoms with Crippen LogP contribution in [0.3, 0.4) is 0 Å². The van der Waals surface area contributed by atoms with Crippen LogP contribution in [-0.4, -0.2) is 156 Å². The molecule has 9 rings (SSSR count). The van der Waals surface area contributed by atoms with Crippen LogP contribution in [-0.2, 0) is 98.5 Å². The van der Waals surface area contributed by atoms with Crippen molar-refractivity contribution in [1.29, 1.82) is 0 Å². The second-order valence-electron chi connectivity index (χ2n) is 24.6. The number of hydrogen-bond acceptors (Lipinski definition) is 17. The van der Waals surface area contributed by atoms with Crippen LogP contribution in [0, 0.1) is 36.4 Å². The number of aryl methyl sites for hydroxylation is 1. The Morgan fingerprint density at radius 1 is 0.835 bits per heavy atom. The van der Waals surface area contributed by atoms with Crippen molar-refractivity contribution in [3.63, 3.8) is 0 Å². The predicted molar refractivity (Wildman–Crippen MR) is 327 cm³/mol. The van der Waals surface area contributed by atoms with Crippen molar-refractivity contribution in [3.05, 3.63) is 97.6 Å². The molecule has 1 unspecified atom stereocenters. The number of ether oxygens (including phenoxy) is 4. The minimum atomic E-state index is -2.05. The number of esters is 1. The van der Waals surface area contributed by atoms with Crippen molar-refractivity contribution in [2.24, 2.45) is 23.7 Å². The molecule has 5 heterocycles. The summed E-state index contributed by atoms with van der Waals surface area (Å²) >= 11 is 0.